The number of H-pyrrole nitrogens is 1. The number of aromatic nitrogens is 2. The van der Waals surface area contributed by atoms with Crippen LogP contribution in [0.5, 0.6) is 5.75 Å². The molecule has 3 heterocycles. The molecule has 10 heteroatoms. The fourth-order valence-electron chi connectivity index (χ4n) is 4.11. The maximum absolute atomic E-state index is 12.9. The fourth-order valence-corrected chi connectivity index (χ4v) is 5.83. The first kappa shape index (κ1) is 27.0. The van der Waals surface area contributed by atoms with Crippen molar-refractivity contribution in [3.05, 3.63) is 91.6 Å². The molecule has 0 spiro atoms. The summed E-state index contributed by atoms with van der Waals surface area (Å²) in [5.74, 6) is 1.25. The Bertz CT molecular complexity index is 1260. The van der Waals surface area contributed by atoms with Gasteiger partial charge in [0.25, 0.3) is 5.91 Å². The number of carbonyl (C=O) groups is 1. The van der Waals surface area contributed by atoms with Crippen LogP contribution in [0.3, 0.4) is 0 Å². The zero-order valence-electron chi connectivity index (χ0n) is 21.2. The van der Waals surface area contributed by atoms with Crippen LogP contribution in [0.2, 0.25) is 0 Å². The SMILES string of the molecule is C=C(CSC(COc1ccc(C(=O)NC2CN(C)CC2c2n[nH]c(=O)s2)cc1)=C(C)C)C1C=CC=CO1. The monoisotopic (exact) mass is 540 g/mol. The average Bonchev–Trinajstić information content (AvgIpc) is 3.49. The lowest BCUT2D eigenvalue weighted by Gasteiger charge is -2.19. The van der Waals surface area contributed by atoms with E-state index in [4.69, 9.17) is 9.47 Å². The first-order valence-corrected chi connectivity index (χ1v) is 13.8. The molecule has 2 aliphatic rings. The van der Waals surface area contributed by atoms with Crippen LogP contribution < -0.4 is 14.9 Å². The molecule has 37 heavy (non-hydrogen) atoms. The summed E-state index contributed by atoms with van der Waals surface area (Å²) < 4.78 is 11.6. The number of rotatable bonds is 10. The maximum Gasteiger partial charge on any atom is 0.322 e. The molecular weight excluding hydrogens is 508 g/mol. The number of allylic oxidation sites excluding steroid dienone is 3. The molecule has 3 unspecified atom stereocenters. The predicted molar refractivity (Wildman–Crippen MR) is 149 cm³/mol. The molecule has 4 rings (SSSR count). The van der Waals surface area contributed by atoms with E-state index in [0.717, 1.165) is 39.1 Å². The number of likely N-dealkylation sites (N-methyl/N-ethyl adjacent to an activating group) is 1. The molecule has 2 aromatic rings. The van der Waals surface area contributed by atoms with Crippen molar-refractivity contribution >= 4 is 29.0 Å². The number of amides is 1. The van der Waals surface area contributed by atoms with Gasteiger partial charge in [0.1, 0.15) is 23.5 Å². The highest BCUT2D eigenvalue weighted by Gasteiger charge is 2.35. The van der Waals surface area contributed by atoms with E-state index in [0.29, 0.717) is 24.5 Å². The Labute approximate surface area is 225 Å². The number of benzene rings is 1. The Morgan fingerprint density at radius 1 is 1.30 bits per heavy atom. The molecule has 1 saturated heterocycles. The number of thioether (sulfide) groups is 1. The predicted octanol–water partition coefficient (Wildman–Crippen LogP) is 4.09. The smallest absolute Gasteiger partial charge is 0.322 e. The summed E-state index contributed by atoms with van der Waals surface area (Å²) in [6.45, 7) is 10.2. The minimum atomic E-state index is -0.183. The minimum Gasteiger partial charge on any atom is -0.490 e. The second-order valence-electron chi connectivity index (χ2n) is 9.31. The molecule has 2 aliphatic heterocycles. The van der Waals surface area contributed by atoms with Gasteiger partial charge >= 0.3 is 4.87 Å². The van der Waals surface area contributed by atoms with Crippen LogP contribution in [0.4, 0.5) is 0 Å². The summed E-state index contributed by atoms with van der Waals surface area (Å²) in [4.78, 5) is 27.6. The van der Waals surface area contributed by atoms with Crippen molar-refractivity contribution in [1.29, 1.82) is 0 Å². The number of nitrogens with one attached hydrogen (secondary N) is 2. The summed E-state index contributed by atoms with van der Waals surface area (Å²) in [5.41, 5.74) is 2.74. The lowest BCUT2D eigenvalue weighted by molar-refractivity contribution is 0.0935. The third-order valence-electron chi connectivity index (χ3n) is 6.17. The van der Waals surface area contributed by atoms with Crippen LogP contribution in [0.25, 0.3) is 0 Å². The zero-order chi connectivity index (χ0) is 26.4. The normalized spacial score (nSPS) is 20.9. The third-order valence-corrected chi connectivity index (χ3v) is 8.44. The van der Waals surface area contributed by atoms with Crippen LogP contribution in [0.15, 0.2) is 76.2 Å². The Balaban J connectivity index is 1.30. The van der Waals surface area contributed by atoms with Gasteiger partial charge in [-0.3, -0.25) is 9.59 Å². The van der Waals surface area contributed by atoms with Gasteiger partial charge in [-0.15, -0.1) is 11.8 Å². The number of carbonyl (C=O) groups excluding carboxylic acids is 1. The second kappa shape index (κ2) is 12.4. The highest BCUT2D eigenvalue weighted by molar-refractivity contribution is 8.03. The molecule has 3 atom stereocenters. The van der Waals surface area contributed by atoms with E-state index in [9.17, 15) is 9.59 Å². The van der Waals surface area contributed by atoms with Gasteiger partial charge in [-0.1, -0.05) is 29.6 Å². The summed E-state index contributed by atoms with van der Waals surface area (Å²) in [5, 5.41) is 10.4. The van der Waals surface area contributed by atoms with Crippen LogP contribution in [-0.4, -0.2) is 65.6 Å². The van der Waals surface area contributed by atoms with E-state index in [-0.39, 0.29) is 28.8 Å². The first-order chi connectivity index (χ1) is 17.8. The maximum atomic E-state index is 12.9. The zero-order valence-corrected chi connectivity index (χ0v) is 22.9. The van der Waals surface area contributed by atoms with E-state index < -0.39 is 0 Å². The van der Waals surface area contributed by atoms with E-state index in [1.54, 1.807) is 30.2 Å². The fraction of sp³-hybridized carbons (Fsp3) is 0.370. The molecule has 0 aliphatic carbocycles. The van der Waals surface area contributed by atoms with Crippen molar-refractivity contribution in [2.24, 2.45) is 0 Å². The van der Waals surface area contributed by atoms with Gasteiger partial charge in [-0.2, -0.15) is 5.10 Å². The number of hydrogen-bond acceptors (Lipinski definition) is 8. The molecule has 0 radical (unpaired) electrons. The molecule has 1 fully saturated rings. The van der Waals surface area contributed by atoms with Crippen molar-refractivity contribution in [2.45, 2.75) is 31.9 Å². The topological polar surface area (TPSA) is 96.5 Å². The van der Waals surface area contributed by atoms with Crippen LogP contribution in [0, 0.1) is 0 Å². The largest absolute Gasteiger partial charge is 0.490 e. The van der Waals surface area contributed by atoms with Crippen molar-refractivity contribution in [1.82, 2.24) is 20.4 Å². The van der Waals surface area contributed by atoms with Gasteiger partial charge in [0, 0.05) is 35.2 Å². The lowest BCUT2D eigenvalue weighted by Crippen LogP contribution is -2.39. The number of likely N-dealkylation sites (tertiary alicyclic amines) is 1. The average molecular weight is 541 g/mol. The molecule has 8 nitrogen and oxygen atoms in total. The van der Waals surface area contributed by atoms with Crippen molar-refractivity contribution in [3.8, 4) is 5.75 Å². The van der Waals surface area contributed by atoms with Gasteiger partial charge in [0.05, 0.1) is 12.3 Å². The highest BCUT2D eigenvalue weighted by Crippen LogP contribution is 2.28. The van der Waals surface area contributed by atoms with E-state index in [2.05, 4.69) is 40.8 Å². The van der Waals surface area contributed by atoms with Gasteiger partial charge in [-0.05, 0) is 62.9 Å². The summed E-state index contributed by atoms with van der Waals surface area (Å²) in [7, 11) is 1.99. The van der Waals surface area contributed by atoms with Crippen molar-refractivity contribution in [3.63, 3.8) is 0 Å². The van der Waals surface area contributed by atoms with Gasteiger partial charge in [0.2, 0.25) is 0 Å². The van der Waals surface area contributed by atoms with Crippen LogP contribution in [0.1, 0.15) is 35.1 Å². The number of nitrogens with zero attached hydrogens (tertiary/aromatic N) is 2. The van der Waals surface area contributed by atoms with E-state index in [1.165, 1.54) is 5.57 Å². The molecule has 196 valence electrons. The summed E-state index contributed by atoms with van der Waals surface area (Å²) in [6, 6.07) is 7.04. The molecular formula is C27H32N4O4S2. The first-order valence-electron chi connectivity index (χ1n) is 12.0. The molecule has 1 amide bonds. The van der Waals surface area contributed by atoms with Gasteiger partial charge in [-0.25, -0.2) is 5.10 Å². The molecule has 0 bridgehead atoms. The van der Waals surface area contributed by atoms with Gasteiger partial charge in [0.15, 0.2) is 0 Å². The van der Waals surface area contributed by atoms with Crippen LogP contribution >= 0.6 is 23.1 Å². The molecule has 0 saturated carbocycles. The van der Waals surface area contributed by atoms with E-state index in [1.807, 2.05) is 37.4 Å². The minimum absolute atomic E-state index is 0.0197. The number of aromatic amines is 1. The molecule has 1 aromatic heterocycles. The lowest BCUT2D eigenvalue weighted by atomic mass is 10.0. The number of ether oxygens (including phenoxy) is 2. The Morgan fingerprint density at radius 3 is 2.73 bits per heavy atom. The molecule has 2 N–H and O–H groups in total. The van der Waals surface area contributed by atoms with Gasteiger partial charge < -0.3 is 19.7 Å². The number of hydrogen-bond donors (Lipinski definition) is 2. The Kier molecular flexibility index (Phi) is 9.07. The Hall–Kier alpha value is -3.08. The quantitative estimate of drug-likeness (QED) is 0.438. The highest BCUT2D eigenvalue weighted by atomic mass is 32.2. The van der Waals surface area contributed by atoms with Crippen molar-refractivity contribution in [2.75, 3.05) is 32.5 Å². The third kappa shape index (κ3) is 7.24. The summed E-state index contributed by atoms with van der Waals surface area (Å²) >= 11 is 2.80. The molecule has 1 aromatic carbocycles. The van der Waals surface area contributed by atoms with E-state index >= 15 is 0 Å². The summed E-state index contributed by atoms with van der Waals surface area (Å²) in [6.07, 6.45) is 7.40. The Morgan fingerprint density at radius 2 is 2.08 bits per heavy atom. The van der Waals surface area contributed by atoms with Crippen LogP contribution in [-0.2, 0) is 4.74 Å². The van der Waals surface area contributed by atoms with Crippen molar-refractivity contribution < 1.29 is 14.3 Å². The second-order valence-corrected chi connectivity index (χ2v) is 11.4. The standard InChI is InChI=1S/C27H32N4O4S2/c1-17(2)24(36-16-18(3)23-7-5-6-12-34-23)15-35-20-10-8-19(9-11-20)25(32)28-22-14-31(4)13-21(22)26-29-30-27(33)37-26/h5-12,21-23H,3,13-16H2,1-2,4H3,(H,28,32)(H,30,33).